The molecule has 1 rings (SSSR count). The average molecular weight is 314 g/mol. The Bertz CT molecular complexity index is 395. The van der Waals surface area contributed by atoms with Gasteiger partial charge < -0.3 is 10.5 Å². The van der Waals surface area contributed by atoms with Crippen LogP contribution < -0.4 is 10.5 Å². The number of nitrogens with two attached hydrogens (primary N) is 1. The quantitative estimate of drug-likeness (QED) is 0.848. The maximum atomic E-state index is 10.9. The van der Waals surface area contributed by atoms with Crippen LogP contribution in [0.25, 0.3) is 0 Å². The molecule has 1 aromatic rings. The normalized spacial score (nSPS) is 13.1. The number of halogens is 1. The minimum Gasteiger partial charge on any atom is -0.493 e. The van der Waals surface area contributed by atoms with Crippen LogP contribution in [0, 0.1) is 11.3 Å². The topological polar surface area (TPSA) is 52.3 Å². The number of amides is 1. The summed E-state index contributed by atoms with van der Waals surface area (Å²) >= 11 is 3.51. The molecule has 0 aliphatic heterocycles. The summed E-state index contributed by atoms with van der Waals surface area (Å²) < 4.78 is 5.74. The Labute approximate surface area is 117 Å². The van der Waals surface area contributed by atoms with E-state index in [2.05, 4.69) is 36.7 Å². The van der Waals surface area contributed by atoms with E-state index in [1.54, 1.807) is 24.3 Å². The summed E-state index contributed by atoms with van der Waals surface area (Å²) in [4.78, 5) is 10.9. The predicted molar refractivity (Wildman–Crippen MR) is 77.2 cm³/mol. The van der Waals surface area contributed by atoms with Crippen molar-refractivity contribution in [1.29, 1.82) is 0 Å². The van der Waals surface area contributed by atoms with E-state index in [0.29, 0.717) is 18.1 Å². The van der Waals surface area contributed by atoms with Gasteiger partial charge in [-0.15, -0.1) is 0 Å². The molecular weight excluding hydrogens is 294 g/mol. The van der Waals surface area contributed by atoms with Crippen LogP contribution in [0.2, 0.25) is 0 Å². The zero-order valence-corrected chi connectivity index (χ0v) is 12.7. The molecule has 100 valence electrons. The van der Waals surface area contributed by atoms with Gasteiger partial charge in [-0.2, -0.15) is 0 Å². The number of benzene rings is 1. The van der Waals surface area contributed by atoms with Crippen LogP contribution in [-0.2, 0) is 0 Å². The Morgan fingerprint density at radius 1 is 1.33 bits per heavy atom. The molecule has 1 amide bonds. The van der Waals surface area contributed by atoms with Gasteiger partial charge in [-0.3, -0.25) is 4.79 Å². The Morgan fingerprint density at radius 3 is 2.28 bits per heavy atom. The van der Waals surface area contributed by atoms with Crippen molar-refractivity contribution < 1.29 is 9.53 Å². The molecular formula is C14H20BrNO2. The van der Waals surface area contributed by atoms with Crippen LogP contribution in [0.4, 0.5) is 0 Å². The standard InChI is InChI=1S/C14H20BrNO2/c1-14(2,3)11(8-15)9-18-12-6-4-10(5-7-12)13(16)17/h4-7,11H,8-9H2,1-3H3,(H2,16,17). The molecule has 0 heterocycles. The van der Waals surface area contributed by atoms with Gasteiger partial charge >= 0.3 is 0 Å². The SMILES string of the molecule is CC(C)(C)C(CBr)COc1ccc(C(N)=O)cc1. The van der Waals surface area contributed by atoms with Crippen molar-refractivity contribution >= 4 is 21.8 Å². The summed E-state index contributed by atoms with van der Waals surface area (Å²) in [6.45, 7) is 7.22. The van der Waals surface area contributed by atoms with Gasteiger partial charge in [-0.1, -0.05) is 36.7 Å². The fraction of sp³-hybridized carbons (Fsp3) is 0.500. The first kappa shape index (κ1) is 15.0. The number of hydrogen-bond donors (Lipinski definition) is 1. The molecule has 0 aromatic heterocycles. The maximum absolute atomic E-state index is 10.9. The molecule has 0 aliphatic rings. The Morgan fingerprint density at radius 2 is 1.89 bits per heavy atom. The highest BCUT2D eigenvalue weighted by Crippen LogP contribution is 2.28. The van der Waals surface area contributed by atoms with Crippen LogP contribution in [0.1, 0.15) is 31.1 Å². The fourth-order valence-electron chi connectivity index (χ4n) is 1.44. The highest BCUT2D eigenvalue weighted by molar-refractivity contribution is 9.09. The average Bonchev–Trinajstić information content (AvgIpc) is 2.28. The number of ether oxygens (including phenoxy) is 1. The van der Waals surface area contributed by atoms with Crippen LogP contribution in [0.15, 0.2) is 24.3 Å². The van der Waals surface area contributed by atoms with E-state index in [9.17, 15) is 4.79 Å². The van der Waals surface area contributed by atoms with Crippen LogP contribution in [0.5, 0.6) is 5.75 Å². The third-order valence-corrected chi connectivity index (χ3v) is 3.78. The number of alkyl halides is 1. The minimum atomic E-state index is -0.422. The molecule has 4 heteroatoms. The van der Waals surface area contributed by atoms with Gasteiger partial charge in [0, 0.05) is 16.8 Å². The molecule has 18 heavy (non-hydrogen) atoms. The van der Waals surface area contributed by atoms with E-state index in [0.717, 1.165) is 11.1 Å². The molecule has 0 radical (unpaired) electrons. The molecule has 0 saturated heterocycles. The number of primary amides is 1. The molecule has 0 saturated carbocycles. The zero-order valence-electron chi connectivity index (χ0n) is 11.1. The number of carbonyl (C=O) groups excluding carboxylic acids is 1. The van der Waals surface area contributed by atoms with E-state index >= 15 is 0 Å². The molecule has 0 bridgehead atoms. The van der Waals surface area contributed by atoms with Crippen molar-refractivity contribution in [2.24, 2.45) is 17.1 Å². The predicted octanol–water partition coefficient (Wildman–Crippen LogP) is 3.22. The monoisotopic (exact) mass is 313 g/mol. The van der Waals surface area contributed by atoms with E-state index in [1.165, 1.54) is 0 Å². The third-order valence-electron chi connectivity index (χ3n) is 3.00. The second kappa shape index (κ2) is 6.23. The van der Waals surface area contributed by atoms with Crippen molar-refractivity contribution in [1.82, 2.24) is 0 Å². The molecule has 0 aliphatic carbocycles. The molecule has 1 unspecified atom stereocenters. The molecule has 3 nitrogen and oxygen atoms in total. The Kier molecular flexibility index (Phi) is 5.20. The Balaban J connectivity index is 2.60. The molecule has 0 fully saturated rings. The van der Waals surface area contributed by atoms with Gasteiger partial charge in [0.15, 0.2) is 0 Å². The van der Waals surface area contributed by atoms with Gasteiger partial charge in [-0.25, -0.2) is 0 Å². The Hall–Kier alpha value is -1.03. The summed E-state index contributed by atoms with van der Waals surface area (Å²) in [5.41, 5.74) is 5.87. The van der Waals surface area contributed by atoms with Gasteiger partial charge in [0.1, 0.15) is 5.75 Å². The molecule has 1 atom stereocenters. The lowest BCUT2D eigenvalue weighted by Gasteiger charge is -2.28. The van der Waals surface area contributed by atoms with Crippen molar-refractivity contribution in [2.45, 2.75) is 20.8 Å². The zero-order chi connectivity index (χ0) is 13.8. The van der Waals surface area contributed by atoms with Crippen LogP contribution in [-0.4, -0.2) is 17.8 Å². The first-order chi connectivity index (χ1) is 8.34. The van der Waals surface area contributed by atoms with Gasteiger partial charge in [-0.05, 0) is 29.7 Å². The van der Waals surface area contributed by atoms with Crippen molar-refractivity contribution in [3.05, 3.63) is 29.8 Å². The molecule has 0 spiro atoms. The highest BCUT2D eigenvalue weighted by atomic mass is 79.9. The van der Waals surface area contributed by atoms with Crippen molar-refractivity contribution in [3.8, 4) is 5.75 Å². The summed E-state index contributed by atoms with van der Waals surface area (Å²) in [6.07, 6.45) is 0. The summed E-state index contributed by atoms with van der Waals surface area (Å²) in [7, 11) is 0. The summed E-state index contributed by atoms with van der Waals surface area (Å²) in [5, 5.41) is 0.899. The first-order valence-corrected chi connectivity index (χ1v) is 7.05. The third kappa shape index (κ3) is 4.33. The highest BCUT2D eigenvalue weighted by Gasteiger charge is 2.24. The number of carbonyl (C=O) groups is 1. The lowest BCUT2D eigenvalue weighted by molar-refractivity contribution is 0.100. The van der Waals surface area contributed by atoms with Crippen molar-refractivity contribution in [3.63, 3.8) is 0 Å². The van der Waals surface area contributed by atoms with Gasteiger partial charge in [0.25, 0.3) is 0 Å². The second-order valence-electron chi connectivity index (χ2n) is 5.42. The fourth-order valence-corrected chi connectivity index (χ4v) is 2.60. The number of rotatable bonds is 5. The van der Waals surface area contributed by atoms with E-state index in [1.807, 2.05) is 0 Å². The van der Waals surface area contributed by atoms with E-state index < -0.39 is 5.91 Å². The van der Waals surface area contributed by atoms with Gasteiger partial charge in [0.05, 0.1) is 6.61 Å². The lowest BCUT2D eigenvalue weighted by atomic mass is 9.83. The van der Waals surface area contributed by atoms with E-state index in [4.69, 9.17) is 10.5 Å². The summed E-state index contributed by atoms with van der Waals surface area (Å²) in [5.74, 6) is 0.762. The van der Waals surface area contributed by atoms with Crippen molar-refractivity contribution in [2.75, 3.05) is 11.9 Å². The van der Waals surface area contributed by atoms with Crippen LogP contribution in [0.3, 0.4) is 0 Å². The van der Waals surface area contributed by atoms with E-state index in [-0.39, 0.29) is 5.41 Å². The summed E-state index contributed by atoms with van der Waals surface area (Å²) in [6, 6.07) is 6.90. The number of hydrogen-bond acceptors (Lipinski definition) is 2. The van der Waals surface area contributed by atoms with Gasteiger partial charge in [0.2, 0.25) is 5.91 Å². The smallest absolute Gasteiger partial charge is 0.248 e. The second-order valence-corrected chi connectivity index (χ2v) is 6.06. The first-order valence-electron chi connectivity index (χ1n) is 5.93. The van der Waals surface area contributed by atoms with Crippen LogP contribution >= 0.6 is 15.9 Å². The molecule has 2 N–H and O–H groups in total. The lowest BCUT2D eigenvalue weighted by Crippen LogP contribution is -2.27. The molecule has 1 aromatic carbocycles. The largest absolute Gasteiger partial charge is 0.493 e. The minimum absolute atomic E-state index is 0.191. The maximum Gasteiger partial charge on any atom is 0.248 e.